The second kappa shape index (κ2) is 8.03. The van der Waals surface area contributed by atoms with E-state index in [1.807, 2.05) is 0 Å². The zero-order valence-corrected chi connectivity index (χ0v) is 12.4. The first-order valence-electron chi connectivity index (χ1n) is 7.18. The van der Waals surface area contributed by atoms with Crippen LogP contribution in [-0.2, 0) is 16.0 Å². The second-order valence-corrected chi connectivity index (χ2v) is 4.99. The van der Waals surface area contributed by atoms with E-state index in [9.17, 15) is 19.3 Å². The van der Waals surface area contributed by atoms with Gasteiger partial charge in [-0.3, -0.25) is 14.9 Å². The van der Waals surface area contributed by atoms with Crippen LogP contribution in [0.15, 0.2) is 54.6 Å². The molecule has 0 N–H and O–H groups in total. The van der Waals surface area contributed by atoms with Crippen LogP contribution in [-0.4, -0.2) is 10.9 Å². The van der Waals surface area contributed by atoms with E-state index in [0.29, 0.717) is 18.4 Å². The highest BCUT2D eigenvalue weighted by Gasteiger charge is 2.14. The van der Waals surface area contributed by atoms with E-state index >= 15 is 0 Å². The molecule has 120 valence electrons. The van der Waals surface area contributed by atoms with Crippen molar-refractivity contribution in [1.29, 1.82) is 0 Å². The summed E-state index contributed by atoms with van der Waals surface area (Å²) in [6, 6.07) is 14.3. The maximum Gasteiger partial charge on any atom is 0.308 e. The number of non-ortho nitro benzene ring substituents is 1. The number of esters is 1. The van der Waals surface area contributed by atoms with Crippen LogP contribution in [0.1, 0.15) is 30.3 Å². The Kier molecular flexibility index (Phi) is 5.80. The smallest absolute Gasteiger partial charge is 0.308 e. The molecule has 6 heteroatoms. The van der Waals surface area contributed by atoms with Gasteiger partial charge in [0.05, 0.1) is 4.92 Å². The number of nitro groups is 1. The fourth-order valence-electron chi connectivity index (χ4n) is 2.07. The molecule has 0 bridgehead atoms. The Morgan fingerprint density at radius 1 is 1.13 bits per heavy atom. The van der Waals surface area contributed by atoms with Crippen LogP contribution in [0.2, 0.25) is 0 Å². The van der Waals surface area contributed by atoms with Gasteiger partial charge in [-0.15, -0.1) is 0 Å². The minimum absolute atomic E-state index is 0.0243. The molecule has 0 saturated carbocycles. The molecule has 0 aliphatic rings. The molecule has 1 unspecified atom stereocenters. The molecule has 0 aliphatic carbocycles. The van der Waals surface area contributed by atoms with Gasteiger partial charge >= 0.3 is 5.97 Å². The molecule has 0 heterocycles. The third-order valence-electron chi connectivity index (χ3n) is 3.29. The van der Waals surface area contributed by atoms with Crippen molar-refractivity contribution in [2.45, 2.75) is 25.6 Å². The second-order valence-electron chi connectivity index (χ2n) is 4.99. The van der Waals surface area contributed by atoms with Crippen LogP contribution in [0.25, 0.3) is 0 Å². The summed E-state index contributed by atoms with van der Waals surface area (Å²) in [7, 11) is 0. The van der Waals surface area contributed by atoms with Gasteiger partial charge in [-0.25, -0.2) is 0 Å². The maximum atomic E-state index is 13.7. The predicted octanol–water partition coefficient (Wildman–Crippen LogP) is 4.13. The molecule has 23 heavy (non-hydrogen) atoms. The predicted molar refractivity (Wildman–Crippen MR) is 82.4 cm³/mol. The van der Waals surface area contributed by atoms with Crippen LogP contribution in [0.3, 0.4) is 0 Å². The van der Waals surface area contributed by atoms with Crippen molar-refractivity contribution in [3.8, 4) is 0 Å². The first-order chi connectivity index (χ1) is 11.1. The van der Waals surface area contributed by atoms with Crippen molar-refractivity contribution in [3.63, 3.8) is 0 Å². The number of benzene rings is 2. The first-order valence-corrected chi connectivity index (χ1v) is 7.18. The molecular weight excluding hydrogens is 301 g/mol. The zero-order valence-electron chi connectivity index (χ0n) is 12.4. The summed E-state index contributed by atoms with van der Waals surface area (Å²) in [5.74, 6) is -0.608. The Hall–Kier alpha value is -2.76. The highest BCUT2D eigenvalue weighted by molar-refractivity contribution is 5.69. The molecule has 2 aromatic carbocycles. The standard InChI is InChI=1S/C17H16FNO4/c18-17(14-6-2-1-3-7-14)23-16(20)8-4-5-13-9-11-15(12-10-13)19(21)22/h1-3,6-7,9-12,17H,4-5,8H2. The molecule has 0 aliphatic heterocycles. The van der Waals surface area contributed by atoms with Crippen molar-refractivity contribution >= 4 is 11.7 Å². The van der Waals surface area contributed by atoms with E-state index in [-0.39, 0.29) is 12.1 Å². The fraction of sp³-hybridized carbons (Fsp3) is 0.235. The van der Waals surface area contributed by atoms with E-state index < -0.39 is 17.3 Å². The first kappa shape index (κ1) is 16.6. The maximum absolute atomic E-state index is 13.7. The number of hydrogen-bond acceptors (Lipinski definition) is 4. The van der Waals surface area contributed by atoms with E-state index in [2.05, 4.69) is 0 Å². The lowest BCUT2D eigenvalue weighted by Gasteiger charge is -2.10. The van der Waals surface area contributed by atoms with Crippen LogP contribution in [0, 0.1) is 10.1 Å². The topological polar surface area (TPSA) is 69.4 Å². The summed E-state index contributed by atoms with van der Waals surface area (Å²) in [6.07, 6.45) is -0.624. The summed E-state index contributed by atoms with van der Waals surface area (Å²) < 4.78 is 18.5. The number of hydrogen-bond donors (Lipinski definition) is 0. The molecular formula is C17H16FNO4. The Morgan fingerprint density at radius 2 is 1.78 bits per heavy atom. The van der Waals surface area contributed by atoms with E-state index in [4.69, 9.17) is 4.74 Å². The summed E-state index contributed by atoms with van der Waals surface area (Å²) in [5.41, 5.74) is 1.20. The lowest BCUT2D eigenvalue weighted by Crippen LogP contribution is -2.08. The molecule has 1 atom stereocenters. The third-order valence-corrected chi connectivity index (χ3v) is 3.29. The summed E-state index contributed by atoms with van der Waals surface area (Å²) in [4.78, 5) is 21.7. The third kappa shape index (κ3) is 5.18. The van der Waals surface area contributed by atoms with Crippen molar-refractivity contribution in [2.24, 2.45) is 0 Å². The molecule has 0 aromatic heterocycles. The molecule has 0 radical (unpaired) electrons. The van der Waals surface area contributed by atoms with Crippen LogP contribution in [0.4, 0.5) is 10.1 Å². The van der Waals surface area contributed by atoms with Gasteiger partial charge in [0.25, 0.3) is 12.0 Å². The molecule has 0 fully saturated rings. The van der Waals surface area contributed by atoms with Crippen molar-refractivity contribution in [2.75, 3.05) is 0 Å². The monoisotopic (exact) mass is 317 g/mol. The Labute approximate surface area is 132 Å². The molecule has 2 rings (SSSR count). The normalized spacial score (nSPS) is 11.7. The van der Waals surface area contributed by atoms with E-state index in [1.165, 1.54) is 12.1 Å². The van der Waals surface area contributed by atoms with Gasteiger partial charge in [-0.1, -0.05) is 42.5 Å². The van der Waals surface area contributed by atoms with E-state index in [1.54, 1.807) is 42.5 Å². The highest BCUT2D eigenvalue weighted by Crippen LogP contribution is 2.19. The Bertz CT molecular complexity index is 658. The van der Waals surface area contributed by atoms with Crippen LogP contribution in [0.5, 0.6) is 0 Å². The average Bonchev–Trinajstić information content (AvgIpc) is 2.56. The van der Waals surface area contributed by atoms with Gasteiger partial charge in [-0.05, 0) is 18.4 Å². The zero-order chi connectivity index (χ0) is 16.7. The number of carbonyl (C=O) groups is 1. The Balaban J connectivity index is 1.75. The minimum Gasteiger partial charge on any atom is -0.427 e. The van der Waals surface area contributed by atoms with Crippen LogP contribution >= 0.6 is 0 Å². The molecule has 0 saturated heterocycles. The number of ether oxygens (including phenoxy) is 1. The lowest BCUT2D eigenvalue weighted by molar-refractivity contribution is -0.384. The number of nitrogens with zero attached hydrogens (tertiary/aromatic N) is 1. The van der Waals surface area contributed by atoms with Gasteiger partial charge in [-0.2, -0.15) is 4.39 Å². The highest BCUT2D eigenvalue weighted by atomic mass is 19.1. The number of nitro benzene ring substituents is 1. The number of aryl methyl sites for hydroxylation is 1. The molecule has 5 nitrogen and oxygen atoms in total. The number of carbonyl (C=O) groups excluding carboxylic acids is 1. The summed E-state index contributed by atoms with van der Waals surface area (Å²) in [6.45, 7) is 0. The SMILES string of the molecule is O=C(CCCc1ccc([N+](=O)[O-])cc1)OC(F)c1ccccc1. The quantitative estimate of drug-likeness (QED) is 0.437. The number of rotatable bonds is 7. The molecule has 0 amide bonds. The van der Waals surface area contributed by atoms with Crippen molar-refractivity contribution < 1.29 is 18.8 Å². The van der Waals surface area contributed by atoms with E-state index in [0.717, 1.165) is 5.56 Å². The minimum atomic E-state index is -1.76. The number of alkyl halides is 1. The summed E-state index contributed by atoms with van der Waals surface area (Å²) in [5, 5.41) is 10.5. The summed E-state index contributed by atoms with van der Waals surface area (Å²) >= 11 is 0. The lowest BCUT2D eigenvalue weighted by atomic mass is 10.1. The molecule has 2 aromatic rings. The molecule has 0 spiro atoms. The van der Waals surface area contributed by atoms with Gasteiger partial charge in [0.15, 0.2) is 0 Å². The van der Waals surface area contributed by atoms with Gasteiger partial charge < -0.3 is 4.74 Å². The van der Waals surface area contributed by atoms with Crippen molar-refractivity contribution in [3.05, 3.63) is 75.8 Å². The average molecular weight is 317 g/mol. The fourth-order valence-corrected chi connectivity index (χ4v) is 2.07. The van der Waals surface area contributed by atoms with Gasteiger partial charge in [0, 0.05) is 24.1 Å². The van der Waals surface area contributed by atoms with Crippen LogP contribution < -0.4 is 0 Å². The van der Waals surface area contributed by atoms with Gasteiger partial charge in [0.1, 0.15) is 0 Å². The Morgan fingerprint density at radius 3 is 2.39 bits per heavy atom. The van der Waals surface area contributed by atoms with Crippen molar-refractivity contribution in [1.82, 2.24) is 0 Å². The van der Waals surface area contributed by atoms with Gasteiger partial charge in [0.2, 0.25) is 0 Å². The number of halogens is 1. The largest absolute Gasteiger partial charge is 0.427 e.